The van der Waals surface area contributed by atoms with Crippen LogP contribution in [0.4, 0.5) is 0 Å². The Kier molecular flexibility index (Phi) is 18.3. The van der Waals surface area contributed by atoms with E-state index in [1.54, 1.807) is 0 Å². The van der Waals surface area contributed by atoms with Crippen LogP contribution in [-0.4, -0.2) is 120 Å². The lowest BCUT2D eigenvalue weighted by Crippen LogP contribution is -2.67. The van der Waals surface area contributed by atoms with E-state index in [-0.39, 0.29) is 33.0 Å². The maximum atomic E-state index is 11.0. The summed E-state index contributed by atoms with van der Waals surface area (Å²) in [7, 11) is 0. The standard InChI is InChI=1S/C54H65NO13/c1-35-47(60-30-38-20-10-4-11-21-38)51(48(36(2)64-35)67-53-44(55)46(58)45(57)42(28-56)65-53)68-54-52(63-33-41-26-16-7-17-27-41)50(62-32-40-24-14-6-15-25-40)49(61-31-39-22-12-5-13-23-39)43(66-54)34-59-29-37-18-8-3-9-19-37/h3-27,35-36,42-54,56-58H,28-34,55H2,1-2H3/t35?,36-,42?,43-,44?,45+,46+,47-,48?,49+,50?,51-,52?,53-,54+/m0/s1. The van der Waals surface area contributed by atoms with Gasteiger partial charge in [-0.2, -0.15) is 0 Å². The van der Waals surface area contributed by atoms with Gasteiger partial charge in [-0.1, -0.05) is 152 Å². The molecule has 3 heterocycles. The van der Waals surface area contributed by atoms with Gasteiger partial charge in [0, 0.05) is 0 Å². The first-order valence-electron chi connectivity index (χ1n) is 23.5. The SMILES string of the molecule is CC1O[C@@H](C)C(O[C@@H]2OC(CO)[C@@H](O)[C@H](O)C2N)[C@@H](O[C@H]2O[C@@H](COCc3ccccc3)[C@@H](OCc3ccccc3)C(OCc3ccccc3)C2OCc2ccccc2)[C@H]1OCc1ccccc1. The van der Waals surface area contributed by atoms with Gasteiger partial charge in [0.2, 0.25) is 0 Å². The lowest BCUT2D eigenvalue weighted by Gasteiger charge is -2.51. The Labute approximate surface area is 398 Å². The molecule has 0 aromatic heterocycles. The largest absolute Gasteiger partial charge is 0.394 e. The van der Waals surface area contributed by atoms with Crippen molar-refractivity contribution in [2.24, 2.45) is 5.73 Å². The molecular formula is C54H65NO13. The number of nitrogens with two attached hydrogens (primary N) is 1. The van der Waals surface area contributed by atoms with E-state index < -0.39 is 98.5 Å². The maximum Gasteiger partial charge on any atom is 0.187 e. The van der Waals surface area contributed by atoms with Crippen molar-refractivity contribution in [1.82, 2.24) is 0 Å². The highest BCUT2D eigenvalue weighted by atomic mass is 16.8. The highest BCUT2D eigenvalue weighted by Gasteiger charge is 2.55. The Morgan fingerprint density at radius 1 is 0.426 bits per heavy atom. The number of rotatable bonds is 21. The zero-order chi connectivity index (χ0) is 47.2. The molecule has 14 heteroatoms. The molecule has 3 aliphatic heterocycles. The summed E-state index contributed by atoms with van der Waals surface area (Å²) in [5.74, 6) is 0. The van der Waals surface area contributed by atoms with Crippen molar-refractivity contribution in [2.75, 3.05) is 13.2 Å². The zero-order valence-corrected chi connectivity index (χ0v) is 38.5. The summed E-state index contributed by atoms with van der Waals surface area (Å²) in [5, 5.41) is 31.8. The highest BCUT2D eigenvalue weighted by molar-refractivity contribution is 5.17. The summed E-state index contributed by atoms with van der Waals surface area (Å²) in [6.45, 7) is 4.47. The van der Waals surface area contributed by atoms with Gasteiger partial charge < -0.3 is 68.4 Å². The summed E-state index contributed by atoms with van der Waals surface area (Å²) in [6, 6.07) is 48.1. The van der Waals surface area contributed by atoms with Gasteiger partial charge in [0.25, 0.3) is 0 Å². The second kappa shape index (κ2) is 24.9. The van der Waals surface area contributed by atoms with E-state index in [0.29, 0.717) is 6.61 Å². The summed E-state index contributed by atoms with van der Waals surface area (Å²) in [4.78, 5) is 0. The van der Waals surface area contributed by atoms with E-state index >= 15 is 0 Å². The first-order chi connectivity index (χ1) is 33.2. The molecule has 68 heavy (non-hydrogen) atoms. The fraction of sp³-hybridized carbons (Fsp3) is 0.444. The number of aliphatic hydroxyl groups excluding tert-OH is 3. The highest BCUT2D eigenvalue weighted by Crippen LogP contribution is 2.37. The van der Waals surface area contributed by atoms with E-state index in [0.717, 1.165) is 27.8 Å². The van der Waals surface area contributed by atoms with Crippen molar-refractivity contribution in [3.63, 3.8) is 0 Å². The molecule has 0 bridgehead atoms. The summed E-state index contributed by atoms with van der Waals surface area (Å²) >= 11 is 0. The van der Waals surface area contributed by atoms with Crippen LogP contribution in [0, 0.1) is 0 Å². The zero-order valence-electron chi connectivity index (χ0n) is 38.5. The van der Waals surface area contributed by atoms with Crippen molar-refractivity contribution < 1.29 is 62.7 Å². The molecule has 3 aliphatic rings. The molecule has 0 radical (unpaired) electrons. The molecule has 3 fully saturated rings. The van der Waals surface area contributed by atoms with Crippen molar-refractivity contribution in [3.05, 3.63) is 179 Å². The van der Waals surface area contributed by atoms with Crippen LogP contribution in [0.1, 0.15) is 41.7 Å². The Morgan fingerprint density at radius 3 is 1.31 bits per heavy atom. The van der Waals surface area contributed by atoms with Crippen LogP contribution in [0.5, 0.6) is 0 Å². The second-order valence-corrected chi connectivity index (χ2v) is 17.6. The van der Waals surface area contributed by atoms with Gasteiger partial charge in [-0.3, -0.25) is 0 Å². The minimum atomic E-state index is -1.46. The van der Waals surface area contributed by atoms with Gasteiger partial charge >= 0.3 is 0 Å². The van der Waals surface area contributed by atoms with Gasteiger partial charge in [-0.25, -0.2) is 0 Å². The van der Waals surface area contributed by atoms with Crippen molar-refractivity contribution in [1.29, 1.82) is 0 Å². The topological polar surface area (TPSA) is 179 Å². The number of aliphatic hydroxyl groups is 3. The van der Waals surface area contributed by atoms with Gasteiger partial charge in [0.1, 0.15) is 61.0 Å². The Hall–Kier alpha value is -4.46. The molecule has 364 valence electrons. The number of hydrogen-bond acceptors (Lipinski definition) is 14. The van der Waals surface area contributed by atoms with E-state index in [9.17, 15) is 15.3 Å². The molecule has 5 aromatic rings. The average molecular weight is 936 g/mol. The number of benzene rings is 5. The quantitative estimate of drug-likeness (QED) is 0.0714. The Bertz CT molecular complexity index is 2180. The van der Waals surface area contributed by atoms with Crippen LogP contribution in [-0.2, 0) is 80.4 Å². The molecule has 5 aromatic carbocycles. The maximum absolute atomic E-state index is 11.0. The summed E-state index contributed by atoms with van der Waals surface area (Å²) < 4.78 is 67.8. The first kappa shape index (κ1) is 49.9. The molecule has 3 saturated heterocycles. The molecule has 0 saturated carbocycles. The molecule has 0 amide bonds. The average Bonchev–Trinajstić information content (AvgIpc) is 3.37. The molecule has 15 atom stereocenters. The first-order valence-corrected chi connectivity index (χ1v) is 23.5. The van der Waals surface area contributed by atoms with Crippen molar-refractivity contribution in [2.45, 2.75) is 139 Å². The molecular weight excluding hydrogens is 871 g/mol. The summed E-state index contributed by atoms with van der Waals surface area (Å²) in [6.07, 6.45) is -13.6. The smallest absolute Gasteiger partial charge is 0.187 e. The molecule has 0 aliphatic carbocycles. The molecule has 0 spiro atoms. The fourth-order valence-corrected chi connectivity index (χ4v) is 8.95. The lowest BCUT2D eigenvalue weighted by atomic mass is 9.93. The monoisotopic (exact) mass is 935 g/mol. The Balaban J connectivity index is 1.18. The van der Waals surface area contributed by atoms with Gasteiger partial charge in [0.05, 0.1) is 64.5 Å². The Morgan fingerprint density at radius 2 is 0.824 bits per heavy atom. The lowest BCUT2D eigenvalue weighted by molar-refractivity contribution is -0.372. The third-order valence-corrected chi connectivity index (χ3v) is 12.6. The van der Waals surface area contributed by atoms with Crippen LogP contribution in [0.25, 0.3) is 0 Å². The third-order valence-electron chi connectivity index (χ3n) is 12.6. The van der Waals surface area contributed by atoms with E-state index in [1.807, 2.05) is 166 Å². The minimum Gasteiger partial charge on any atom is -0.394 e. The van der Waals surface area contributed by atoms with Gasteiger partial charge in [-0.05, 0) is 41.7 Å². The van der Waals surface area contributed by atoms with Crippen LogP contribution in [0.3, 0.4) is 0 Å². The van der Waals surface area contributed by atoms with E-state index in [1.165, 1.54) is 0 Å². The normalized spacial score (nSPS) is 31.9. The predicted molar refractivity (Wildman–Crippen MR) is 250 cm³/mol. The van der Waals surface area contributed by atoms with Crippen molar-refractivity contribution in [3.8, 4) is 0 Å². The van der Waals surface area contributed by atoms with Crippen LogP contribution < -0.4 is 5.73 Å². The predicted octanol–water partition coefficient (Wildman–Crippen LogP) is 5.61. The summed E-state index contributed by atoms with van der Waals surface area (Å²) in [5.41, 5.74) is 11.2. The molecule has 8 rings (SSSR count). The van der Waals surface area contributed by atoms with Crippen molar-refractivity contribution >= 4 is 0 Å². The molecule has 14 nitrogen and oxygen atoms in total. The minimum absolute atomic E-state index is 0.104. The van der Waals surface area contributed by atoms with Crippen LogP contribution in [0.2, 0.25) is 0 Å². The molecule has 6 unspecified atom stereocenters. The number of ether oxygens (including phenoxy) is 10. The van der Waals surface area contributed by atoms with Crippen LogP contribution >= 0.6 is 0 Å². The van der Waals surface area contributed by atoms with E-state index in [4.69, 9.17) is 53.1 Å². The van der Waals surface area contributed by atoms with Gasteiger partial charge in [0.15, 0.2) is 12.6 Å². The van der Waals surface area contributed by atoms with Gasteiger partial charge in [-0.15, -0.1) is 0 Å². The second-order valence-electron chi connectivity index (χ2n) is 17.6. The third kappa shape index (κ3) is 13.0. The van der Waals surface area contributed by atoms with E-state index in [2.05, 4.69) is 0 Å². The fourth-order valence-electron chi connectivity index (χ4n) is 8.95. The molecule has 5 N–H and O–H groups in total. The van der Waals surface area contributed by atoms with Crippen LogP contribution in [0.15, 0.2) is 152 Å². The number of hydrogen-bond donors (Lipinski definition) is 4.